The van der Waals surface area contributed by atoms with Gasteiger partial charge >= 0.3 is 6.18 Å². The molecule has 0 aliphatic heterocycles. The third-order valence-corrected chi connectivity index (χ3v) is 5.68. The van der Waals surface area contributed by atoms with Crippen LogP contribution in [-0.2, 0) is 6.54 Å². The van der Waals surface area contributed by atoms with Gasteiger partial charge in [-0.3, -0.25) is 14.5 Å². The summed E-state index contributed by atoms with van der Waals surface area (Å²) in [5.41, 5.74) is 0.384. The highest BCUT2D eigenvalue weighted by Gasteiger charge is 2.30. The fourth-order valence-electron chi connectivity index (χ4n) is 3.76. The minimum absolute atomic E-state index is 0.145. The highest BCUT2D eigenvalue weighted by Crippen LogP contribution is 2.31. The summed E-state index contributed by atoms with van der Waals surface area (Å²) in [6.07, 6.45) is 0.369. The molecule has 27 heavy (non-hydrogen) atoms. The van der Waals surface area contributed by atoms with Crippen LogP contribution >= 0.6 is 15.9 Å². The van der Waals surface area contributed by atoms with E-state index in [2.05, 4.69) is 32.9 Å². The van der Waals surface area contributed by atoms with Gasteiger partial charge in [-0.25, -0.2) is 0 Å². The van der Waals surface area contributed by atoms with E-state index in [9.17, 15) is 18.0 Å². The van der Waals surface area contributed by atoms with Gasteiger partial charge in [-0.1, -0.05) is 13.3 Å². The van der Waals surface area contributed by atoms with E-state index in [-0.39, 0.29) is 21.7 Å². The summed E-state index contributed by atoms with van der Waals surface area (Å²) in [5, 5.41) is 4.33. The van der Waals surface area contributed by atoms with Crippen LogP contribution in [0, 0.1) is 11.8 Å². The Morgan fingerprint density at radius 2 is 2.15 bits per heavy atom. The number of rotatable bonds is 5. The summed E-state index contributed by atoms with van der Waals surface area (Å²) in [6, 6.07) is 1.40. The molecule has 2 aromatic heterocycles. The first-order valence-electron chi connectivity index (χ1n) is 9.06. The molecule has 0 N–H and O–H groups in total. The predicted octanol–water partition coefficient (Wildman–Crippen LogP) is 4.65. The Balaban J connectivity index is 1.86. The summed E-state index contributed by atoms with van der Waals surface area (Å²) in [7, 11) is 0. The molecule has 9 heteroatoms. The van der Waals surface area contributed by atoms with Gasteiger partial charge in [0.05, 0.1) is 10.9 Å². The van der Waals surface area contributed by atoms with Gasteiger partial charge in [-0.2, -0.15) is 18.3 Å². The first-order chi connectivity index (χ1) is 12.7. The Morgan fingerprint density at radius 3 is 2.74 bits per heavy atom. The zero-order chi connectivity index (χ0) is 19.8. The molecular weight excluding hydrogens is 425 g/mol. The molecule has 2 aromatic rings. The number of hydrogen-bond acceptors (Lipinski definition) is 3. The minimum Gasteiger partial charge on any atom is -0.337 e. The smallest absolute Gasteiger partial charge is 0.337 e. The van der Waals surface area contributed by atoms with Crippen molar-refractivity contribution >= 4 is 32.7 Å². The van der Waals surface area contributed by atoms with Gasteiger partial charge in [0.1, 0.15) is 16.8 Å². The average Bonchev–Trinajstić information content (AvgIpc) is 3.14. The van der Waals surface area contributed by atoms with Crippen molar-refractivity contribution in [3.05, 3.63) is 22.6 Å². The number of hydrogen-bond donors (Lipinski definition) is 0. The van der Waals surface area contributed by atoms with Gasteiger partial charge in [-0.15, -0.1) is 0 Å². The van der Waals surface area contributed by atoms with Crippen LogP contribution in [0.15, 0.2) is 16.9 Å². The summed E-state index contributed by atoms with van der Waals surface area (Å²) >= 11 is 3.16. The summed E-state index contributed by atoms with van der Waals surface area (Å²) < 4.78 is 39.6. The zero-order valence-electron chi connectivity index (χ0n) is 15.3. The van der Waals surface area contributed by atoms with Crippen LogP contribution in [0.5, 0.6) is 0 Å². The topological polar surface area (TPSA) is 51.0 Å². The van der Waals surface area contributed by atoms with E-state index in [0.717, 1.165) is 17.5 Å². The van der Waals surface area contributed by atoms with Gasteiger partial charge in [-0.05, 0) is 53.6 Å². The molecule has 1 aliphatic carbocycles. The molecule has 3 rings (SSSR count). The van der Waals surface area contributed by atoms with E-state index in [0.29, 0.717) is 30.3 Å². The molecule has 1 fully saturated rings. The van der Waals surface area contributed by atoms with Crippen LogP contribution in [0.3, 0.4) is 0 Å². The number of nitrogens with zero attached hydrogens (tertiary/aromatic N) is 4. The number of alkyl halides is 3. The molecule has 0 saturated heterocycles. The van der Waals surface area contributed by atoms with E-state index in [1.54, 1.807) is 4.90 Å². The molecule has 0 bridgehead atoms. The minimum atomic E-state index is -4.40. The van der Waals surface area contributed by atoms with E-state index in [1.807, 2.05) is 6.92 Å². The number of aromatic nitrogens is 3. The number of halogens is 4. The van der Waals surface area contributed by atoms with Gasteiger partial charge in [0, 0.05) is 19.3 Å². The lowest BCUT2D eigenvalue weighted by molar-refractivity contribution is -0.141. The maximum absolute atomic E-state index is 12.9. The van der Waals surface area contributed by atoms with Crippen molar-refractivity contribution in [1.82, 2.24) is 19.7 Å². The lowest BCUT2D eigenvalue weighted by Crippen LogP contribution is -2.35. The van der Waals surface area contributed by atoms with Crippen molar-refractivity contribution in [3.8, 4) is 0 Å². The summed E-state index contributed by atoms with van der Waals surface area (Å²) in [6.45, 7) is 4.09. The largest absolute Gasteiger partial charge is 0.408 e. The second kappa shape index (κ2) is 7.77. The molecule has 0 aromatic carbocycles. The molecule has 0 radical (unpaired) electrons. The van der Waals surface area contributed by atoms with Crippen molar-refractivity contribution in [2.75, 3.05) is 13.1 Å². The molecule has 0 spiro atoms. The normalized spacial score (nSPS) is 20.4. The van der Waals surface area contributed by atoms with Crippen LogP contribution in [-0.4, -0.2) is 44.8 Å². The molecule has 2 atom stereocenters. The van der Waals surface area contributed by atoms with E-state index < -0.39 is 12.7 Å². The maximum atomic E-state index is 12.9. The van der Waals surface area contributed by atoms with Crippen LogP contribution in [0.2, 0.25) is 0 Å². The third kappa shape index (κ3) is 4.62. The molecular formula is C18H22BrF3N4O. The van der Waals surface area contributed by atoms with Crippen molar-refractivity contribution < 1.29 is 18.0 Å². The first kappa shape index (κ1) is 20.1. The Kier molecular flexibility index (Phi) is 5.79. The molecule has 2 unspecified atom stereocenters. The Hall–Kier alpha value is -1.64. The average molecular weight is 447 g/mol. The van der Waals surface area contributed by atoms with Gasteiger partial charge in [0.15, 0.2) is 0 Å². The number of fused-ring (bicyclic) bond motifs is 1. The number of carbonyl (C=O) groups excluding carboxylic acids is 1. The second-order valence-corrected chi connectivity index (χ2v) is 8.03. The molecule has 148 valence electrons. The van der Waals surface area contributed by atoms with Gasteiger partial charge in [0.25, 0.3) is 5.91 Å². The number of amides is 1. The van der Waals surface area contributed by atoms with Crippen LogP contribution in [0.4, 0.5) is 13.2 Å². The van der Waals surface area contributed by atoms with E-state index >= 15 is 0 Å². The lowest BCUT2D eigenvalue weighted by Gasteiger charge is -2.24. The Bertz CT molecular complexity index is 836. The summed E-state index contributed by atoms with van der Waals surface area (Å²) in [4.78, 5) is 18.8. The van der Waals surface area contributed by atoms with Crippen LogP contribution in [0.1, 0.15) is 43.6 Å². The molecule has 5 nitrogen and oxygen atoms in total. The SMILES string of the molecule is CCN(CC1CCC(C)C1)C(=O)c1cc2c(cn1)c(Br)nn2CC(F)(F)F. The monoisotopic (exact) mass is 446 g/mol. The maximum Gasteiger partial charge on any atom is 0.408 e. The third-order valence-electron chi connectivity index (χ3n) is 5.09. The van der Waals surface area contributed by atoms with E-state index in [1.165, 1.54) is 18.7 Å². The molecule has 1 saturated carbocycles. The fourth-order valence-corrected chi connectivity index (χ4v) is 4.26. The highest BCUT2D eigenvalue weighted by atomic mass is 79.9. The molecule has 1 amide bonds. The van der Waals surface area contributed by atoms with Gasteiger partial charge < -0.3 is 4.90 Å². The standard InChI is InChI=1S/C18H22BrF3N4O/c1-3-25(9-12-5-4-11(2)6-12)17(27)14-7-15-13(8-23-14)16(19)24-26(15)10-18(20,21)22/h7-8,11-12H,3-6,9-10H2,1-2H3. The van der Waals surface area contributed by atoms with Gasteiger partial charge in [0.2, 0.25) is 0 Å². The van der Waals surface area contributed by atoms with Crippen molar-refractivity contribution in [2.24, 2.45) is 11.8 Å². The molecule has 1 aliphatic rings. The lowest BCUT2D eigenvalue weighted by atomic mass is 10.1. The van der Waals surface area contributed by atoms with Crippen LogP contribution < -0.4 is 0 Å². The predicted molar refractivity (Wildman–Crippen MR) is 99.4 cm³/mol. The zero-order valence-corrected chi connectivity index (χ0v) is 16.8. The van der Waals surface area contributed by atoms with Crippen molar-refractivity contribution in [3.63, 3.8) is 0 Å². The highest BCUT2D eigenvalue weighted by molar-refractivity contribution is 9.10. The number of carbonyl (C=O) groups is 1. The van der Waals surface area contributed by atoms with Crippen molar-refractivity contribution in [2.45, 2.75) is 45.8 Å². The fraction of sp³-hybridized carbons (Fsp3) is 0.611. The Labute approximate surface area is 164 Å². The Morgan fingerprint density at radius 1 is 1.41 bits per heavy atom. The number of pyridine rings is 1. The summed E-state index contributed by atoms with van der Waals surface area (Å²) in [5.74, 6) is 0.889. The quantitative estimate of drug-likeness (QED) is 0.671. The second-order valence-electron chi connectivity index (χ2n) is 7.28. The first-order valence-corrected chi connectivity index (χ1v) is 9.85. The van der Waals surface area contributed by atoms with Crippen molar-refractivity contribution in [1.29, 1.82) is 0 Å². The molecule has 2 heterocycles. The van der Waals surface area contributed by atoms with Crippen LogP contribution in [0.25, 0.3) is 10.9 Å². The van der Waals surface area contributed by atoms with E-state index in [4.69, 9.17) is 0 Å².